The fraction of sp³-hybridized carbons (Fsp3) is 0.627. The third-order valence-corrected chi connectivity index (χ3v) is 16.1. The average molecular weight is 1280 g/mol. The molecule has 2 amide bonds. The second-order valence-electron chi connectivity index (χ2n) is 25.1. The van der Waals surface area contributed by atoms with E-state index in [9.17, 15) is 75.0 Å². The summed E-state index contributed by atoms with van der Waals surface area (Å²) in [5, 5.41) is 114. The van der Waals surface area contributed by atoms with E-state index in [0.29, 0.717) is 24.2 Å². The Labute approximate surface area is 535 Å². The largest absolute Gasteiger partial charge is 0.461 e. The van der Waals surface area contributed by atoms with Gasteiger partial charge in [0.15, 0.2) is 17.9 Å². The van der Waals surface area contributed by atoms with Crippen LogP contribution in [0, 0.1) is 17.8 Å². The molecule has 1 aromatic carbocycles. The lowest BCUT2D eigenvalue weighted by Gasteiger charge is -2.46. The molecule has 14 unspecified atom stereocenters. The monoisotopic (exact) mass is 1280 g/mol. The Balaban J connectivity index is 1.56. The molecule has 2 bridgehead atoms. The Morgan fingerprint density at radius 1 is 0.703 bits per heavy atom. The summed E-state index contributed by atoms with van der Waals surface area (Å²) in [6.45, 7) is 6.11. The van der Waals surface area contributed by atoms with Gasteiger partial charge in [-0.05, 0) is 97.4 Å². The first-order valence-electron chi connectivity index (χ1n) is 31.4. The van der Waals surface area contributed by atoms with Gasteiger partial charge in [0.05, 0.1) is 92.1 Å². The average Bonchev–Trinajstić information content (AvgIpc) is 0.806. The highest BCUT2D eigenvalue weighted by atomic mass is 16.7. The third-order valence-electron chi connectivity index (χ3n) is 16.1. The predicted octanol–water partition coefficient (Wildman–Crippen LogP) is 1.82. The molecule has 4 rings (SSSR count). The summed E-state index contributed by atoms with van der Waals surface area (Å²) in [6.07, 6.45) is 2.72. The number of nitrogens with one attached hydrogen (secondary N) is 1. The summed E-state index contributed by atoms with van der Waals surface area (Å²) in [5.74, 6) is -6.79. The Hall–Kier alpha value is -5.49. The molecular formula is C67H103N5O19. The van der Waals surface area contributed by atoms with E-state index in [1.165, 1.54) is 4.90 Å². The number of nitrogens with zero attached hydrogens (tertiary/aromatic N) is 3. The molecule has 3 aliphatic rings. The van der Waals surface area contributed by atoms with Crippen molar-refractivity contribution in [3.05, 3.63) is 115 Å². The highest BCUT2D eigenvalue weighted by molar-refractivity contribution is 5.98. The second-order valence-corrected chi connectivity index (χ2v) is 25.1. The molecule has 0 saturated carbocycles. The van der Waals surface area contributed by atoms with Gasteiger partial charge in [-0.25, -0.2) is 0 Å². The molecule has 19 atom stereocenters. The standard InChI is InChI=1S/C67H103N5O19/c1-42-21-19-17-15-13-11-9-10-12-14-16-18-20-22-54(89-66-63(85)61(68)62(84)44(3)88-66)38-57-60(65(86)69-29-30-70(4)5)56(81)40-67(87,91-57)39-53(79)35-51(77)33-49(75)31-48(74)32-50(76)34-52(78)37-59(83)90-64(42)43(2)23-28-47(73)36-55(80)45-24-26-46(27-25-45)72(8)58(82)41-71(6)7/h9-22,24-27,42-44,47-49,51-54,56-57,60-64,66,73-75,77-79,81,84-85,87H,23,28-41,68H2,1-8H3,(H,69,86)/b10-9+,13-11+,14-12+,17-15+,18-16+,21-19-,22-20+/t42?,43?,44-,47?,48?,49?,51?,52?,53?,54?,56?,57?,60?,61+,62-,63+,64?,66+,67?/m1/s1. The number of esters is 1. The molecule has 24 nitrogen and oxygen atoms in total. The van der Waals surface area contributed by atoms with Crippen molar-refractivity contribution < 1.29 is 94.0 Å². The van der Waals surface area contributed by atoms with Crippen LogP contribution < -0.4 is 16.0 Å². The smallest absolute Gasteiger partial charge is 0.308 e. The molecule has 510 valence electrons. The fourth-order valence-corrected chi connectivity index (χ4v) is 11.2. The molecule has 91 heavy (non-hydrogen) atoms. The minimum atomic E-state index is -2.29. The van der Waals surface area contributed by atoms with Crippen molar-refractivity contribution in [1.29, 1.82) is 0 Å². The number of hydrogen-bond donors (Lipinski definition) is 12. The van der Waals surface area contributed by atoms with Gasteiger partial charge in [-0.2, -0.15) is 0 Å². The van der Waals surface area contributed by atoms with Crippen LogP contribution in [0.3, 0.4) is 0 Å². The van der Waals surface area contributed by atoms with Crippen molar-refractivity contribution in [3.63, 3.8) is 0 Å². The fourth-order valence-electron chi connectivity index (χ4n) is 11.2. The summed E-state index contributed by atoms with van der Waals surface area (Å²) < 4.78 is 24.3. The van der Waals surface area contributed by atoms with Gasteiger partial charge in [0.1, 0.15) is 18.0 Å². The van der Waals surface area contributed by atoms with Crippen LogP contribution in [0.4, 0.5) is 5.69 Å². The van der Waals surface area contributed by atoms with Gasteiger partial charge in [0.25, 0.3) is 0 Å². The highest BCUT2D eigenvalue weighted by Crippen LogP contribution is 2.38. The van der Waals surface area contributed by atoms with E-state index in [1.807, 2.05) is 38.9 Å². The van der Waals surface area contributed by atoms with Crippen molar-refractivity contribution in [2.24, 2.45) is 23.5 Å². The van der Waals surface area contributed by atoms with Crippen LogP contribution in [0.2, 0.25) is 0 Å². The van der Waals surface area contributed by atoms with Crippen LogP contribution in [0.15, 0.2) is 109 Å². The number of carbonyl (C=O) groups excluding carboxylic acids is 5. The zero-order chi connectivity index (χ0) is 67.5. The van der Waals surface area contributed by atoms with Crippen LogP contribution in [-0.2, 0) is 38.1 Å². The van der Waals surface area contributed by atoms with Crippen LogP contribution in [-0.4, -0.2) is 243 Å². The Bertz CT molecular complexity index is 2630. The quantitative estimate of drug-likeness (QED) is 0.0829. The molecule has 0 aliphatic carbocycles. The lowest BCUT2D eigenvalue weighted by Crippen LogP contribution is -2.62. The number of fused-ring (bicyclic) bond motifs is 2. The van der Waals surface area contributed by atoms with E-state index < -0.39 is 172 Å². The Morgan fingerprint density at radius 3 is 1.86 bits per heavy atom. The van der Waals surface area contributed by atoms with E-state index >= 15 is 0 Å². The number of ether oxygens (including phenoxy) is 4. The molecule has 3 heterocycles. The van der Waals surface area contributed by atoms with Crippen molar-refractivity contribution in [2.75, 3.05) is 59.8 Å². The maximum Gasteiger partial charge on any atom is 0.308 e. The first kappa shape index (κ1) is 78.0. The minimum absolute atomic E-state index is 0.124. The van der Waals surface area contributed by atoms with E-state index in [0.717, 1.165) is 0 Å². The minimum Gasteiger partial charge on any atom is -0.461 e. The molecule has 13 N–H and O–H groups in total. The first-order valence-corrected chi connectivity index (χ1v) is 31.4. The highest BCUT2D eigenvalue weighted by Gasteiger charge is 2.51. The van der Waals surface area contributed by atoms with Gasteiger partial charge in [0.2, 0.25) is 11.8 Å². The second kappa shape index (κ2) is 39.3. The van der Waals surface area contributed by atoms with Crippen molar-refractivity contribution in [1.82, 2.24) is 15.1 Å². The van der Waals surface area contributed by atoms with Gasteiger partial charge in [-0.15, -0.1) is 0 Å². The summed E-state index contributed by atoms with van der Waals surface area (Å²) in [6, 6.07) is 5.40. The number of benzene rings is 1. The summed E-state index contributed by atoms with van der Waals surface area (Å²) >= 11 is 0. The molecular weight excluding hydrogens is 1180 g/mol. The number of rotatable bonds is 16. The maximum absolute atomic E-state index is 13.9. The van der Waals surface area contributed by atoms with Gasteiger partial charge in [0, 0.05) is 75.8 Å². The Morgan fingerprint density at radius 2 is 1.26 bits per heavy atom. The van der Waals surface area contributed by atoms with Crippen LogP contribution >= 0.6 is 0 Å². The maximum atomic E-state index is 13.9. The number of Topliss-reactive ketones (excluding diaryl/α,β-unsaturated/α-hetero) is 2. The molecule has 2 fully saturated rings. The topological polar surface area (TPSA) is 372 Å². The lowest BCUT2D eigenvalue weighted by atomic mass is 9.82. The summed E-state index contributed by atoms with van der Waals surface area (Å²) in [4.78, 5) is 71.3. The zero-order valence-corrected chi connectivity index (χ0v) is 54.0. The number of allylic oxidation sites excluding steroid dienone is 12. The lowest BCUT2D eigenvalue weighted by molar-refractivity contribution is -0.307. The number of aliphatic hydroxyl groups excluding tert-OH is 9. The van der Waals surface area contributed by atoms with Crippen molar-refractivity contribution in [2.45, 2.75) is 195 Å². The number of likely N-dealkylation sites (N-methyl/N-ethyl adjacent to an activating group) is 3. The number of nitrogens with two attached hydrogens (primary N) is 1. The third kappa shape index (κ3) is 27.9. The Kier molecular flexibility index (Phi) is 33.6. The predicted molar refractivity (Wildman–Crippen MR) is 341 cm³/mol. The number of hydrogen-bond acceptors (Lipinski definition) is 22. The van der Waals surface area contributed by atoms with E-state index in [2.05, 4.69) is 5.32 Å². The SMILES string of the molecule is CC1\C=C/C=C/C=C/C=C/C=C/C=C/C=C/C(O[C@@H]2O[C@H](C)[C@@H](O)[C@H](N)[C@@H]2O)CC2OC(O)(CC(O)CC(O)CC(O)CC(O)CC(=O)CC(O)CC(=O)OC1C(C)CCC(O)CC(=O)c1ccc(N(C)C(=O)CN(C)C)cc1)CC(O)C2C(=O)NCCN(C)C. The number of carbonyl (C=O) groups is 5. The zero-order valence-electron chi connectivity index (χ0n) is 54.0. The number of anilines is 1. The first-order chi connectivity index (χ1) is 42.9. The van der Waals surface area contributed by atoms with Gasteiger partial charge in [-0.1, -0.05) is 98.9 Å². The van der Waals surface area contributed by atoms with Gasteiger partial charge >= 0.3 is 5.97 Å². The van der Waals surface area contributed by atoms with Crippen molar-refractivity contribution in [3.8, 4) is 0 Å². The van der Waals surface area contributed by atoms with E-state index in [-0.39, 0.29) is 56.4 Å². The molecule has 0 radical (unpaired) electrons. The molecule has 0 spiro atoms. The number of amides is 2. The molecule has 1 aromatic rings. The summed E-state index contributed by atoms with van der Waals surface area (Å²) in [7, 11) is 8.86. The van der Waals surface area contributed by atoms with Gasteiger partial charge in [-0.3, -0.25) is 24.0 Å². The van der Waals surface area contributed by atoms with E-state index in [4.69, 9.17) is 24.7 Å². The normalized spacial score (nSPS) is 35.0. The number of cyclic esters (lactones) is 1. The van der Waals surface area contributed by atoms with Gasteiger partial charge < -0.3 is 95.8 Å². The van der Waals surface area contributed by atoms with Crippen LogP contribution in [0.25, 0.3) is 0 Å². The molecule has 3 aliphatic heterocycles. The van der Waals surface area contributed by atoms with E-state index in [1.54, 1.807) is 136 Å². The number of aliphatic hydroxyl groups is 10. The van der Waals surface area contributed by atoms with Crippen LogP contribution in [0.5, 0.6) is 0 Å². The summed E-state index contributed by atoms with van der Waals surface area (Å²) in [5.41, 5.74) is 7.12. The molecule has 24 heteroatoms. The van der Waals surface area contributed by atoms with Crippen molar-refractivity contribution >= 4 is 35.0 Å². The number of ketones is 2. The molecule has 2 saturated heterocycles. The van der Waals surface area contributed by atoms with Crippen LogP contribution in [0.1, 0.15) is 108 Å². The molecule has 0 aromatic heterocycles.